The molecule has 3 aliphatic rings. The van der Waals surface area contributed by atoms with Crippen molar-refractivity contribution in [3.8, 4) is 0 Å². The number of pyridine rings is 1. The van der Waals surface area contributed by atoms with E-state index in [4.69, 9.17) is 4.98 Å². The predicted octanol–water partition coefficient (Wildman–Crippen LogP) is 4.19. The second-order valence-electron chi connectivity index (χ2n) is 10.6. The molecule has 1 amide bonds. The molecule has 0 N–H and O–H groups in total. The van der Waals surface area contributed by atoms with Gasteiger partial charge in [0.1, 0.15) is 0 Å². The Bertz CT molecular complexity index is 956. The van der Waals surface area contributed by atoms with E-state index in [9.17, 15) is 4.79 Å². The van der Waals surface area contributed by atoms with Crippen molar-refractivity contribution < 1.29 is 4.79 Å². The number of carbonyl (C=O) groups excluding carboxylic acids is 1. The Hall–Kier alpha value is -2.40. The Kier molecular flexibility index (Phi) is 4.85. The van der Waals surface area contributed by atoms with Gasteiger partial charge in [0.15, 0.2) is 5.82 Å². The quantitative estimate of drug-likeness (QED) is 0.749. The van der Waals surface area contributed by atoms with Crippen LogP contribution in [0, 0.1) is 16.7 Å². The standard InChI is InChI=1S/C26H34N4O/c1-25(2)22(26(25,3)4)24(31)30-14-12-20-18-28(17-19-9-6-5-7-10-19)15-16-29(20)23-21(30)11-8-13-27-23/h5-11,13,20,22H,12,14-18H2,1-4H3. The zero-order chi connectivity index (χ0) is 21.8. The van der Waals surface area contributed by atoms with Crippen LogP contribution in [-0.4, -0.2) is 48.0 Å². The number of aromatic nitrogens is 1. The van der Waals surface area contributed by atoms with E-state index in [-0.39, 0.29) is 22.7 Å². The number of nitrogens with zero attached hydrogens (tertiary/aromatic N) is 4. The van der Waals surface area contributed by atoms with E-state index in [1.54, 1.807) is 0 Å². The van der Waals surface area contributed by atoms with Crippen LogP contribution in [0.4, 0.5) is 11.5 Å². The van der Waals surface area contributed by atoms with Gasteiger partial charge >= 0.3 is 0 Å². The first-order chi connectivity index (χ1) is 14.8. The molecule has 2 aromatic rings. The van der Waals surface area contributed by atoms with Crippen LogP contribution in [0.1, 0.15) is 39.7 Å². The average Bonchev–Trinajstić information content (AvgIpc) is 3.24. The van der Waals surface area contributed by atoms with E-state index in [2.05, 4.69) is 73.9 Å². The first-order valence-corrected chi connectivity index (χ1v) is 11.6. The third kappa shape index (κ3) is 3.34. The number of anilines is 2. The number of hydrogen-bond acceptors (Lipinski definition) is 4. The largest absolute Gasteiger partial charge is 0.349 e. The Balaban J connectivity index is 1.39. The van der Waals surface area contributed by atoms with E-state index in [1.807, 2.05) is 17.2 Å². The van der Waals surface area contributed by atoms with Crippen LogP contribution in [0.25, 0.3) is 0 Å². The van der Waals surface area contributed by atoms with Crippen LogP contribution < -0.4 is 9.80 Å². The fourth-order valence-electron chi connectivity index (χ4n) is 5.85. The number of piperazine rings is 1. The highest BCUT2D eigenvalue weighted by Crippen LogP contribution is 2.69. The number of fused-ring (bicyclic) bond motifs is 3. The molecule has 1 atom stereocenters. The lowest BCUT2D eigenvalue weighted by Crippen LogP contribution is -2.53. The van der Waals surface area contributed by atoms with E-state index in [0.717, 1.165) is 50.6 Å². The summed E-state index contributed by atoms with van der Waals surface area (Å²) >= 11 is 0. The van der Waals surface area contributed by atoms with Crippen LogP contribution in [0.3, 0.4) is 0 Å². The molecule has 5 heteroatoms. The number of benzene rings is 1. The molecule has 164 valence electrons. The Labute approximate surface area is 186 Å². The lowest BCUT2D eigenvalue weighted by Gasteiger charge is -2.41. The summed E-state index contributed by atoms with van der Waals surface area (Å²) in [5.41, 5.74) is 2.43. The van der Waals surface area contributed by atoms with Crippen molar-refractivity contribution in [3.05, 3.63) is 54.2 Å². The maximum atomic E-state index is 13.7. The molecule has 0 spiro atoms. The minimum Gasteiger partial charge on any atom is -0.349 e. The minimum absolute atomic E-state index is 0.0400. The molecule has 1 aromatic carbocycles. The van der Waals surface area contributed by atoms with Crippen molar-refractivity contribution in [2.45, 2.75) is 46.7 Å². The highest BCUT2D eigenvalue weighted by atomic mass is 16.2. The molecule has 1 saturated carbocycles. The molecular weight excluding hydrogens is 384 g/mol. The first kappa shape index (κ1) is 20.5. The first-order valence-electron chi connectivity index (χ1n) is 11.6. The molecule has 31 heavy (non-hydrogen) atoms. The van der Waals surface area contributed by atoms with Gasteiger partial charge in [-0.2, -0.15) is 0 Å². The van der Waals surface area contributed by atoms with E-state index < -0.39 is 0 Å². The summed E-state index contributed by atoms with van der Waals surface area (Å²) in [6.07, 6.45) is 2.84. The van der Waals surface area contributed by atoms with Crippen molar-refractivity contribution in [2.75, 3.05) is 36.0 Å². The summed E-state index contributed by atoms with van der Waals surface area (Å²) in [6, 6.07) is 15.1. The molecule has 0 radical (unpaired) electrons. The monoisotopic (exact) mass is 418 g/mol. The van der Waals surface area contributed by atoms with Crippen molar-refractivity contribution in [3.63, 3.8) is 0 Å². The van der Waals surface area contributed by atoms with Gasteiger partial charge < -0.3 is 9.80 Å². The van der Waals surface area contributed by atoms with Gasteiger partial charge in [-0.1, -0.05) is 58.0 Å². The highest BCUT2D eigenvalue weighted by molar-refractivity contribution is 6.00. The van der Waals surface area contributed by atoms with Crippen LogP contribution in [0.5, 0.6) is 0 Å². The van der Waals surface area contributed by atoms with E-state index in [1.165, 1.54) is 5.56 Å². The number of carbonyl (C=O) groups is 1. The van der Waals surface area contributed by atoms with Gasteiger partial charge in [0.2, 0.25) is 5.91 Å². The molecule has 2 aliphatic heterocycles. The lowest BCUT2D eigenvalue weighted by molar-refractivity contribution is -0.120. The van der Waals surface area contributed by atoms with Gasteiger partial charge in [-0.3, -0.25) is 9.69 Å². The fourth-order valence-corrected chi connectivity index (χ4v) is 5.85. The molecular formula is C26H34N4O. The van der Waals surface area contributed by atoms with Gasteiger partial charge in [-0.05, 0) is 34.9 Å². The minimum atomic E-state index is 0.0400. The van der Waals surface area contributed by atoms with Gasteiger partial charge in [0.25, 0.3) is 0 Å². The molecule has 3 heterocycles. The number of rotatable bonds is 3. The maximum absolute atomic E-state index is 13.7. The van der Waals surface area contributed by atoms with Gasteiger partial charge in [0, 0.05) is 50.9 Å². The van der Waals surface area contributed by atoms with Gasteiger partial charge in [-0.15, -0.1) is 0 Å². The molecule has 1 aliphatic carbocycles. The molecule has 5 rings (SSSR count). The summed E-state index contributed by atoms with van der Waals surface area (Å²) < 4.78 is 0. The van der Waals surface area contributed by atoms with Gasteiger partial charge in [0.05, 0.1) is 5.69 Å². The number of hydrogen-bond donors (Lipinski definition) is 0. The van der Waals surface area contributed by atoms with Crippen LogP contribution >= 0.6 is 0 Å². The third-order valence-corrected chi connectivity index (χ3v) is 8.36. The van der Waals surface area contributed by atoms with Crippen LogP contribution in [0.2, 0.25) is 0 Å². The Morgan fingerprint density at radius 1 is 1.00 bits per heavy atom. The van der Waals surface area contributed by atoms with Crippen LogP contribution in [-0.2, 0) is 11.3 Å². The predicted molar refractivity (Wildman–Crippen MR) is 125 cm³/mol. The van der Waals surface area contributed by atoms with Crippen molar-refractivity contribution in [1.82, 2.24) is 9.88 Å². The molecule has 1 saturated heterocycles. The smallest absolute Gasteiger partial charge is 0.231 e. The second-order valence-corrected chi connectivity index (χ2v) is 10.6. The Morgan fingerprint density at radius 3 is 2.45 bits per heavy atom. The molecule has 5 nitrogen and oxygen atoms in total. The zero-order valence-electron chi connectivity index (χ0n) is 19.2. The van der Waals surface area contributed by atoms with Crippen molar-refractivity contribution in [1.29, 1.82) is 0 Å². The molecule has 1 unspecified atom stereocenters. The maximum Gasteiger partial charge on any atom is 0.231 e. The second kappa shape index (κ2) is 7.33. The van der Waals surface area contributed by atoms with Crippen LogP contribution in [0.15, 0.2) is 48.7 Å². The Morgan fingerprint density at radius 2 is 1.74 bits per heavy atom. The lowest BCUT2D eigenvalue weighted by atomic mass is 10.0. The highest BCUT2D eigenvalue weighted by Gasteiger charge is 2.69. The summed E-state index contributed by atoms with van der Waals surface area (Å²) in [5.74, 6) is 1.32. The van der Waals surface area contributed by atoms with E-state index in [0.29, 0.717) is 6.04 Å². The van der Waals surface area contributed by atoms with Crippen molar-refractivity contribution >= 4 is 17.4 Å². The number of amides is 1. The SMILES string of the molecule is CC1(C)C(C(=O)N2CCC3CN(Cc4ccccc4)CCN3c3ncccc32)C1(C)C. The summed E-state index contributed by atoms with van der Waals surface area (Å²) in [5, 5.41) is 0. The third-order valence-electron chi connectivity index (χ3n) is 8.36. The van der Waals surface area contributed by atoms with Gasteiger partial charge in [-0.25, -0.2) is 4.98 Å². The fraction of sp³-hybridized carbons (Fsp3) is 0.538. The summed E-state index contributed by atoms with van der Waals surface area (Å²) in [6.45, 7) is 13.6. The van der Waals surface area contributed by atoms with Crippen molar-refractivity contribution in [2.24, 2.45) is 16.7 Å². The topological polar surface area (TPSA) is 39.7 Å². The molecule has 0 bridgehead atoms. The summed E-state index contributed by atoms with van der Waals surface area (Å²) in [4.78, 5) is 25.5. The summed E-state index contributed by atoms with van der Waals surface area (Å²) in [7, 11) is 0. The zero-order valence-corrected chi connectivity index (χ0v) is 19.2. The molecule has 1 aromatic heterocycles. The average molecular weight is 419 g/mol. The normalized spacial score (nSPS) is 24.8. The molecule has 2 fully saturated rings. The van der Waals surface area contributed by atoms with E-state index >= 15 is 0 Å².